The number of carbonyl (C=O) groups is 2. The molecular formula is C20H21BrN2O2. The minimum absolute atomic E-state index is 0.200. The first-order valence-corrected chi connectivity index (χ1v) is 8.70. The molecule has 5 heteroatoms. The third kappa shape index (κ3) is 6.19. The molecule has 0 aromatic heterocycles. The van der Waals surface area contributed by atoms with E-state index in [0.29, 0.717) is 5.56 Å². The van der Waals surface area contributed by atoms with Crippen molar-refractivity contribution in [2.45, 2.75) is 26.3 Å². The maximum Gasteiger partial charge on any atom is 0.268 e. The maximum absolute atomic E-state index is 12.6. The molecule has 130 valence electrons. The van der Waals surface area contributed by atoms with E-state index in [0.717, 1.165) is 10.0 Å². The van der Waals surface area contributed by atoms with Crippen LogP contribution in [0.2, 0.25) is 0 Å². The van der Waals surface area contributed by atoms with Crippen LogP contribution in [0.15, 0.2) is 64.8 Å². The van der Waals surface area contributed by atoms with Gasteiger partial charge >= 0.3 is 0 Å². The van der Waals surface area contributed by atoms with Gasteiger partial charge in [0, 0.05) is 15.6 Å². The predicted octanol–water partition coefficient (Wildman–Crippen LogP) is 4.13. The number of hydrogen-bond donors (Lipinski definition) is 2. The first kappa shape index (κ1) is 18.9. The van der Waals surface area contributed by atoms with Crippen LogP contribution in [0.1, 0.15) is 36.7 Å². The summed E-state index contributed by atoms with van der Waals surface area (Å²) in [5, 5.41) is 5.59. The Bertz CT molecular complexity index is 776. The molecule has 0 aliphatic heterocycles. The van der Waals surface area contributed by atoms with Crippen molar-refractivity contribution >= 4 is 33.8 Å². The predicted molar refractivity (Wildman–Crippen MR) is 104 cm³/mol. The summed E-state index contributed by atoms with van der Waals surface area (Å²) in [5.74, 6) is -0.660. The van der Waals surface area contributed by atoms with E-state index >= 15 is 0 Å². The first-order chi connectivity index (χ1) is 11.7. The smallest absolute Gasteiger partial charge is 0.268 e. The molecular weight excluding hydrogens is 380 g/mol. The highest BCUT2D eigenvalue weighted by Gasteiger charge is 2.19. The number of hydrogen-bond acceptors (Lipinski definition) is 2. The molecule has 2 rings (SSSR count). The van der Waals surface area contributed by atoms with E-state index in [9.17, 15) is 9.59 Å². The number of benzene rings is 2. The van der Waals surface area contributed by atoms with Crippen molar-refractivity contribution in [3.8, 4) is 0 Å². The van der Waals surface area contributed by atoms with Crippen LogP contribution in [0, 0.1) is 0 Å². The fourth-order valence-corrected chi connectivity index (χ4v) is 2.34. The van der Waals surface area contributed by atoms with Gasteiger partial charge < -0.3 is 10.6 Å². The van der Waals surface area contributed by atoms with Gasteiger partial charge in [-0.25, -0.2) is 0 Å². The van der Waals surface area contributed by atoms with E-state index < -0.39 is 5.54 Å². The summed E-state index contributed by atoms with van der Waals surface area (Å²) in [5.41, 5.74) is 1.10. The van der Waals surface area contributed by atoms with Crippen molar-refractivity contribution in [3.63, 3.8) is 0 Å². The highest BCUT2D eigenvalue weighted by molar-refractivity contribution is 9.10. The van der Waals surface area contributed by atoms with Gasteiger partial charge in [-0.05, 0) is 56.7 Å². The quantitative estimate of drug-likeness (QED) is 0.757. The van der Waals surface area contributed by atoms with Crippen molar-refractivity contribution in [3.05, 3.63) is 75.9 Å². The first-order valence-electron chi connectivity index (χ1n) is 7.91. The van der Waals surface area contributed by atoms with Gasteiger partial charge in [0.1, 0.15) is 5.70 Å². The molecule has 0 radical (unpaired) electrons. The second-order valence-corrected chi connectivity index (χ2v) is 7.55. The molecule has 0 unspecified atom stereocenters. The van der Waals surface area contributed by atoms with E-state index in [-0.39, 0.29) is 17.5 Å². The van der Waals surface area contributed by atoms with Gasteiger partial charge in [-0.3, -0.25) is 9.59 Å². The number of halogens is 1. The summed E-state index contributed by atoms with van der Waals surface area (Å²) in [6.45, 7) is 5.67. The van der Waals surface area contributed by atoms with Crippen LogP contribution in [-0.4, -0.2) is 17.4 Å². The molecule has 0 bridgehead atoms. The SMILES string of the molecule is CC(C)(C)NC(=O)/C(=C/c1ccc(Br)cc1)NC(=O)c1ccccc1. The van der Waals surface area contributed by atoms with Crippen LogP contribution in [0.3, 0.4) is 0 Å². The Morgan fingerprint density at radius 1 is 0.960 bits per heavy atom. The Kier molecular flexibility index (Phi) is 6.15. The number of nitrogens with one attached hydrogen (secondary N) is 2. The molecule has 4 nitrogen and oxygen atoms in total. The van der Waals surface area contributed by atoms with Gasteiger partial charge in [0.15, 0.2) is 0 Å². The Labute approximate surface area is 156 Å². The molecule has 2 amide bonds. The second kappa shape index (κ2) is 8.12. The number of carbonyl (C=O) groups excluding carboxylic acids is 2. The van der Waals surface area contributed by atoms with E-state index in [4.69, 9.17) is 0 Å². The molecule has 0 saturated heterocycles. The molecule has 0 saturated carbocycles. The Hall–Kier alpha value is -2.40. The topological polar surface area (TPSA) is 58.2 Å². The molecule has 0 fully saturated rings. The van der Waals surface area contributed by atoms with Gasteiger partial charge in [0.05, 0.1) is 0 Å². The zero-order valence-electron chi connectivity index (χ0n) is 14.5. The zero-order valence-corrected chi connectivity index (χ0v) is 16.1. The average Bonchev–Trinajstić information content (AvgIpc) is 2.55. The van der Waals surface area contributed by atoms with Crippen LogP contribution in [0.4, 0.5) is 0 Å². The van der Waals surface area contributed by atoms with Gasteiger partial charge in [0.2, 0.25) is 0 Å². The van der Waals surface area contributed by atoms with Crippen LogP contribution in [0.5, 0.6) is 0 Å². The minimum Gasteiger partial charge on any atom is -0.346 e. The standard InChI is InChI=1S/C20H21BrN2O2/c1-20(2,3)23-19(25)17(13-14-9-11-16(21)12-10-14)22-18(24)15-7-5-4-6-8-15/h4-13H,1-3H3,(H,22,24)(H,23,25)/b17-13-. The zero-order chi connectivity index (χ0) is 18.4. The fourth-order valence-electron chi connectivity index (χ4n) is 2.08. The molecule has 0 spiro atoms. The van der Waals surface area contributed by atoms with Gasteiger partial charge in [-0.15, -0.1) is 0 Å². The van der Waals surface area contributed by atoms with E-state index in [1.54, 1.807) is 30.3 Å². The molecule has 0 aliphatic rings. The summed E-state index contributed by atoms with van der Waals surface area (Å²) in [6.07, 6.45) is 1.66. The molecule has 25 heavy (non-hydrogen) atoms. The maximum atomic E-state index is 12.6. The summed E-state index contributed by atoms with van der Waals surface area (Å²) >= 11 is 3.38. The lowest BCUT2D eigenvalue weighted by Crippen LogP contribution is -2.44. The fraction of sp³-hybridized carbons (Fsp3) is 0.200. The van der Waals surface area contributed by atoms with Crippen molar-refractivity contribution in [1.82, 2.24) is 10.6 Å². The highest BCUT2D eigenvalue weighted by Crippen LogP contribution is 2.14. The Morgan fingerprint density at radius 2 is 1.56 bits per heavy atom. The van der Waals surface area contributed by atoms with Crippen molar-refractivity contribution in [2.75, 3.05) is 0 Å². The molecule has 2 aromatic carbocycles. The van der Waals surface area contributed by atoms with Gasteiger partial charge in [-0.2, -0.15) is 0 Å². The Balaban J connectivity index is 2.30. The van der Waals surface area contributed by atoms with E-state index in [1.165, 1.54) is 0 Å². The normalized spacial score (nSPS) is 11.8. The summed E-state index contributed by atoms with van der Waals surface area (Å²) < 4.78 is 0.943. The molecule has 0 aliphatic carbocycles. The van der Waals surface area contributed by atoms with Crippen molar-refractivity contribution < 1.29 is 9.59 Å². The van der Waals surface area contributed by atoms with Crippen LogP contribution in [-0.2, 0) is 4.79 Å². The van der Waals surface area contributed by atoms with Crippen LogP contribution in [0.25, 0.3) is 6.08 Å². The summed E-state index contributed by atoms with van der Waals surface area (Å²) in [7, 11) is 0. The van der Waals surface area contributed by atoms with Crippen LogP contribution < -0.4 is 10.6 Å². The lowest BCUT2D eigenvalue weighted by atomic mass is 10.1. The molecule has 2 N–H and O–H groups in total. The highest BCUT2D eigenvalue weighted by atomic mass is 79.9. The third-order valence-corrected chi connectivity index (χ3v) is 3.73. The average molecular weight is 401 g/mol. The summed E-state index contributed by atoms with van der Waals surface area (Å²) in [4.78, 5) is 25.0. The molecule has 0 atom stereocenters. The Morgan fingerprint density at radius 3 is 2.12 bits per heavy atom. The minimum atomic E-state index is -0.409. The number of rotatable bonds is 4. The van der Waals surface area contributed by atoms with Gasteiger partial charge in [-0.1, -0.05) is 46.3 Å². The van der Waals surface area contributed by atoms with Gasteiger partial charge in [0.25, 0.3) is 11.8 Å². The van der Waals surface area contributed by atoms with Crippen molar-refractivity contribution in [2.24, 2.45) is 0 Å². The summed E-state index contributed by atoms with van der Waals surface area (Å²) in [6, 6.07) is 16.3. The lowest BCUT2D eigenvalue weighted by molar-refractivity contribution is -0.119. The van der Waals surface area contributed by atoms with Crippen LogP contribution >= 0.6 is 15.9 Å². The molecule has 0 heterocycles. The number of amides is 2. The third-order valence-electron chi connectivity index (χ3n) is 3.20. The lowest BCUT2D eigenvalue weighted by Gasteiger charge is -2.22. The van der Waals surface area contributed by atoms with E-state index in [1.807, 2.05) is 51.1 Å². The second-order valence-electron chi connectivity index (χ2n) is 6.63. The van der Waals surface area contributed by atoms with E-state index in [2.05, 4.69) is 26.6 Å². The molecule has 2 aromatic rings. The van der Waals surface area contributed by atoms with Crippen molar-refractivity contribution in [1.29, 1.82) is 0 Å². The monoisotopic (exact) mass is 400 g/mol. The largest absolute Gasteiger partial charge is 0.346 e.